The lowest BCUT2D eigenvalue weighted by Crippen LogP contribution is -2.00. The summed E-state index contributed by atoms with van der Waals surface area (Å²) in [6.45, 7) is 0. The van der Waals surface area contributed by atoms with Gasteiger partial charge in [-0.2, -0.15) is 0 Å². The molecule has 0 aliphatic heterocycles. The zero-order valence-electron chi connectivity index (χ0n) is 27.7. The van der Waals surface area contributed by atoms with Gasteiger partial charge in [0.15, 0.2) is 17.5 Å². The van der Waals surface area contributed by atoms with Crippen LogP contribution in [0.2, 0.25) is 0 Å². The molecule has 0 saturated carbocycles. The summed E-state index contributed by atoms with van der Waals surface area (Å²) in [4.78, 5) is 15.5. The van der Waals surface area contributed by atoms with Crippen molar-refractivity contribution in [3.05, 3.63) is 164 Å². The molecule has 0 amide bonds. The van der Waals surface area contributed by atoms with Gasteiger partial charge in [-0.25, -0.2) is 15.0 Å². The van der Waals surface area contributed by atoms with E-state index in [1.54, 1.807) is 0 Å². The maximum atomic E-state index is 6.61. The second-order valence-corrected chi connectivity index (χ2v) is 13.2. The van der Waals surface area contributed by atoms with Gasteiger partial charge >= 0.3 is 0 Å². The van der Waals surface area contributed by atoms with Crippen LogP contribution in [-0.2, 0) is 0 Å². The molecule has 11 rings (SSSR count). The Hall–Kier alpha value is -7.11. The Morgan fingerprint density at radius 2 is 0.962 bits per heavy atom. The maximum absolute atomic E-state index is 6.61. The molecule has 0 unspecified atom stereocenters. The molecule has 5 heteroatoms. The molecule has 3 heterocycles. The van der Waals surface area contributed by atoms with Crippen molar-refractivity contribution in [2.24, 2.45) is 0 Å². The van der Waals surface area contributed by atoms with Crippen LogP contribution in [0.1, 0.15) is 0 Å². The number of benzene rings is 8. The van der Waals surface area contributed by atoms with Crippen LogP contribution in [0.15, 0.2) is 173 Å². The summed E-state index contributed by atoms with van der Waals surface area (Å²) >= 11 is 0. The predicted molar refractivity (Wildman–Crippen MR) is 211 cm³/mol. The van der Waals surface area contributed by atoms with E-state index in [-0.39, 0.29) is 0 Å². The fraction of sp³-hybridized carbons (Fsp3) is 0. The van der Waals surface area contributed by atoms with Crippen molar-refractivity contribution in [2.75, 3.05) is 0 Å². The van der Waals surface area contributed by atoms with Crippen LogP contribution in [0, 0.1) is 0 Å². The molecule has 0 aliphatic carbocycles. The van der Waals surface area contributed by atoms with Crippen molar-refractivity contribution < 1.29 is 8.83 Å². The number of hydrogen-bond acceptors (Lipinski definition) is 5. The van der Waals surface area contributed by atoms with Gasteiger partial charge in [0.25, 0.3) is 0 Å². The summed E-state index contributed by atoms with van der Waals surface area (Å²) in [5.41, 5.74) is 8.24. The lowest BCUT2D eigenvalue weighted by molar-refractivity contribution is 0.669. The first-order chi connectivity index (χ1) is 25.7. The van der Waals surface area contributed by atoms with E-state index in [9.17, 15) is 0 Å². The fourth-order valence-electron chi connectivity index (χ4n) is 7.65. The van der Waals surface area contributed by atoms with Gasteiger partial charge < -0.3 is 8.83 Å². The molecule has 3 aromatic heterocycles. The molecule has 242 valence electrons. The number of rotatable bonds is 4. The lowest BCUT2D eigenvalue weighted by atomic mass is 10.00. The molecule has 0 fully saturated rings. The second kappa shape index (κ2) is 11.2. The Balaban J connectivity index is 1.15. The first kappa shape index (κ1) is 28.7. The predicted octanol–water partition coefficient (Wildman–Crippen LogP) is 12.6. The van der Waals surface area contributed by atoms with E-state index in [2.05, 4.69) is 133 Å². The third-order valence-corrected chi connectivity index (χ3v) is 10.1. The molecule has 52 heavy (non-hydrogen) atoms. The third-order valence-electron chi connectivity index (χ3n) is 10.1. The van der Waals surface area contributed by atoms with Crippen molar-refractivity contribution in [3.63, 3.8) is 0 Å². The van der Waals surface area contributed by atoms with E-state index in [1.165, 1.54) is 0 Å². The highest BCUT2D eigenvalue weighted by atomic mass is 16.3. The number of nitrogens with zero attached hydrogens (tertiary/aromatic N) is 3. The number of para-hydroxylation sites is 2. The SMILES string of the molecule is c1ccc(-c2cccc3c2oc2cccc(-c4nc(-c5ccc6ccccc6c5)nc(-c5ccc6c(ccc7oc8ccccc8c76)c5)n4)c23)cc1. The van der Waals surface area contributed by atoms with Gasteiger partial charge in [-0.05, 0) is 57.4 Å². The minimum absolute atomic E-state index is 0.586. The summed E-state index contributed by atoms with van der Waals surface area (Å²) in [6.07, 6.45) is 0. The third kappa shape index (κ3) is 4.46. The van der Waals surface area contributed by atoms with E-state index in [0.717, 1.165) is 93.2 Å². The molecular weight excluding hydrogens is 639 g/mol. The summed E-state index contributed by atoms with van der Waals surface area (Å²) in [7, 11) is 0. The molecule has 5 nitrogen and oxygen atoms in total. The van der Waals surface area contributed by atoms with Crippen LogP contribution in [0.25, 0.3) is 111 Å². The van der Waals surface area contributed by atoms with Gasteiger partial charge in [0.05, 0.1) is 0 Å². The first-order valence-electron chi connectivity index (χ1n) is 17.3. The van der Waals surface area contributed by atoms with Crippen LogP contribution in [0.4, 0.5) is 0 Å². The summed E-state index contributed by atoms with van der Waals surface area (Å²) in [5, 5.41) is 8.71. The number of aromatic nitrogens is 3. The standard InChI is InChI=1S/C47H27N3O2/c1-2-11-29(12-3-1)35-15-8-16-37-43-38(17-9-19-40(43)52-44(35)37)47-49-45(32-21-20-28-10-4-5-13-30(28)26-32)48-46(50-47)33-22-24-34-31(27-33)23-25-41-42(34)36-14-6-7-18-39(36)51-41/h1-27H. The van der Waals surface area contributed by atoms with E-state index < -0.39 is 0 Å². The number of fused-ring (bicyclic) bond motifs is 9. The van der Waals surface area contributed by atoms with Crippen LogP contribution < -0.4 is 0 Å². The minimum atomic E-state index is 0.586. The highest BCUT2D eigenvalue weighted by Gasteiger charge is 2.20. The van der Waals surface area contributed by atoms with Gasteiger partial charge in [-0.3, -0.25) is 0 Å². The van der Waals surface area contributed by atoms with Crippen molar-refractivity contribution in [3.8, 4) is 45.3 Å². The monoisotopic (exact) mass is 665 g/mol. The average Bonchev–Trinajstić information content (AvgIpc) is 3.79. The average molecular weight is 666 g/mol. The van der Waals surface area contributed by atoms with Crippen LogP contribution in [0.5, 0.6) is 0 Å². The maximum Gasteiger partial charge on any atom is 0.164 e. The molecule has 0 radical (unpaired) electrons. The van der Waals surface area contributed by atoms with E-state index in [1.807, 2.05) is 30.3 Å². The van der Waals surface area contributed by atoms with Crippen LogP contribution in [-0.4, -0.2) is 15.0 Å². The smallest absolute Gasteiger partial charge is 0.164 e. The van der Waals surface area contributed by atoms with E-state index >= 15 is 0 Å². The van der Waals surface area contributed by atoms with Gasteiger partial charge in [0, 0.05) is 43.8 Å². The van der Waals surface area contributed by atoms with Crippen molar-refractivity contribution in [1.82, 2.24) is 15.0 Å². The zero-order chi connectivity index (χ0) is 34.2. The molecule has 0 aliphatic rings. The second-order valence-electron chi connectivity index (χ2n) is 13.2. The van der Waals surface area contributed by atoms with Crippen LogP contribution >= 0.6 is 0 Å². The van der Waals surface area contributed by atoms with Crippen molar-refractivity contribution >= 4 is 65.4 Å². The van der Waals surface area contributed by atoms with E-state index in [4.69, 9.17) is 23.8 Å². The normalized spacial score (nSPS) is 11.8. The van der Waals surface area contributed by atoms with Gasteiger partial charge in [-0.1, -0.05) is 133 Å². The molecule has 0 bridgehead atoms. The minimum Gasteiger partial charge on any atom is -0.456 e. The molecule has 0 saturated heterocycles. The number of furan rings is 2. The Morgan fingerprint density at radius 3 is 1.85 bits per heavy atom. The Labute approximate surface area is 297 Å². The highest BCUT2D eigenvalue weighted by Crippen LogP contribution is 2.41. The Bertz CT molecular complexity index is 3190. The molecule has 0 spiro atoms. The number of hydrogen-bond donors (Lipinski definition) is 0. The topological polar surface area (TPSA) is 65.0 Å². The molecule has 8 aromatic carbocycles. The Kier molecular flexibility index (Phi) is 6.18. The first-order valence-corrected chi connectivity index (χ1v) is 17.3. The summed E-state index contributed by atoms with van der Waals surface area (Å²) < 4.78 is 12.8. The molecule has 11 aromatic rings. The summed E-state index contributed by atoms with van der Waals surface area (Å²) in [6, 6.07) is 56.3. The lowest BCUT2D eigenvalue weighted by Gasteiger charge is -2.11. The zero-order valence-corrected chi connectivity index (χ0v) is 27.7. The Morgan fingerprint density at radius 1 is 0.327 bits per heavy atom. The highest BCUT2D eigenvalue weighted by molar-refractivity contribution is 6.19. The fourth-order valence-corrected chi connectivity index (χ4v) is 7.65. The van der Waals surface area contributed by atoms with Crippen molar-refractivity contribution in [2.45, 2.75) is 0 Å². The van der Waals surface area contributed by atoms with Gasteiger partial charge in [0.1, 0.15) is 22.3 Å². The largest absolute Gasteiger partial charge is 0.456 e. The molecule has 0 atom stereocenters. The van der Waals surface area contributed by atoms with Crippen LogP contribution in [0.3, 0.4) is 0 Å². The summed E-state index contributed by atoms with van der Waals surface area (Å²) in [5.74, 6) is 1.79. The van der Waals surface area contributed by atoms with Crippen molar-refractivity contribution in [1.29, 1.82) is 0 Å². The molecule has 0 N–H and O–H groups in total. The van der Waals surface area contributed by atoms with E-state index in [0.29, 0.717) is 17.5 Å². The van der Waals surface area contributed by atoms with Gasteiger partial charge in [0.2, 0.25) is 0 Å². The van der Waals surface area contributed by atoms with Gasteiger partial charge in [-0.15, -0.1) is 0 Å². The molecular formula is C47H27N3O2. The quantitative estimate of drug-likeness (QED) is 0.187.